The highest BCUT2D eigenvalue weighted by molar-refractivity contribution is 5.83. The molecule has 184 valence electrons. The largest absolute Gasteiger partial charge is 0.358 e. The summed E-state index contributed by atoms with van der Waals surface area (Å²) >= 11 is 0. The van der Waals surface area contributed by atoms with Gasteiger partial charge in [0.1, 0.15) is 17.7 Å². The Hall–Kier alpha value is -3.06. The highest BCUT2D eigenvalue weighted by Gasteiger charge is 2.64. The van der Waals surface area contributed by atoms with Crippen LogP contribution >= 0.6 is 0 Å². The molecule has 2 aliphatic rings. The second kappa shape index (κ2) is 8.86. The van der Waals surface area contributed by atoms with Gasteiger partial charge in [-0.2, -0.15) is 5.10 Å². The number of halogens is 2. The zero-order chi connectivity index (χ0) is 24.9. The molecule has 3 aromatic rings. The Kier molecular flexibility index (Phi) is 5.99. The zero-order valence-corrected chi connectivity index (χ0v) is 20.7. The summed E-state index contributed by atoms with van der Waals surface area (Å²) in [5, 5.41) is 7.70. The van der Waals surface area contributed by atoms with E-state index in [2.05, 4.69) is 21.8 Å². The Balaban J connectivity index is 1.61. The van der Waals surface area contributed by atoms with E-state index in [0.717, 1.165) is 30.6 Å². The van der Waals surface area contributed by atoms with Crippen molar-refractivity contribution in [2.45, 2.75) is 58.2 Å². The molecule has 1 fully saturated rings. The molecule has 3 atom stereocenters. The SMILES string of the molecule is CCn1nc(C)c2c1CCN([C@@H](C(=O)NC)c1ccccc1)C21C[C@H]1Cc1cc(F)c(C)c(F)c1. The number of amides is 1. The summed E-state index contributed by atoms with van der Waals surface area (Å²) in [4.78, 5) is 15.6. The van der Waals surface area contributed by atoms with Gasteiger partial charge in [0.25, 0.3) is 0 Å². The van der Waals surface area contributed by atoms with E-state index in [4.69, 9.17) is 5.10 Å². The monoisotopic (exact) mass is 478 g/mol. The molecule has 0 bridgehead atoms. The van der Waals surface area contributed by atoms with Crippen molar-refractivity contribution in [3.63, 3.8) is 0 Å². The molecule has 5 rings (SSSR count). The first-order chi connectivity index (χ1) is 16.8. The van der Waals surface area contributed by atoms with E-state index in [1.165, 1.54) is 30.3 Å². The molecule has 7 heteroatoms. The summed E-state index contributed by atoms with van der Waals surface area (Å²) in [6.45, 7) is 7.07. The van der Waals surface area contributed by atoms with Crippen molar-refractivity contribution in [2.75, 3.05) is 13.6 Å². The molecular formula is C28H32F2N4O. The van der Waals surface area contributed by atoms with Gasteiger partial charge in [0.05, 0.1) is 11.2 Å². The van der Waals surface area contributed by atoms with Crippen LogP contribution in [0, 0.1) is 31.4 Å². The van der Waals surface area contributed by atoms with Crippen molar-refractivity contribution in [1.82, 2.24) is 20.0 Å². The Labute approximate surface area is 205 Å². The second-order valence-corrected chi connectivity index (χ2v) is 9.81. The lowest BCUT2D eigenvalue weighted by molar-refractivity contribution is -0.128. The standard InChI is InChI=1S/C28H32F2N4O/c1-5-34-24-11-12-33(26(27(35)31-4)20-9-7-6-8-10-20)28(25(24)18(3)32-34)16-21(28)13-19-14-22(29)17(2)23(30)15-19/h6-10,14-15,21,26H,5,11-13,16H2,1-4H3,(H,31,35)/t21-,26-,28?/m1/s1. The summed E-state index contributed by atoms with van der Waals surface area (Å²) in [6.07, 6.45) is 2.15. The van der Waals surface area contributed by atoms with E-state index in [0.29, 0.717) is 18.5 Å². The lowest BCUT2D eigenvalue weighted by Gasteiger charge is -2.42. The number of carbonyl (C=O) groups is 1. The number of rotatable bonds is 6. The van der Waals surface area contributed by atoms with Crippen LogP contribution in [0.1, 0.15) is 53.0 Å². The van der Waals surface area contributed by atoms with Gasteiger partial charge < -0.3 is 5.32 Å². The molecule has 1 aliphatic carbocycles. The highest BCUT2D eigenvalue weighted by atomic mass is 19.1. The molecule has 2 heterocycles. The van der Waals surface area contributed by atoms with Gasteiger partial charge in [0, 0.05) is 43.4 Å². The lowest BCUT2D eigenvalue weighted by Crippen LogP contribution is -2.50. The van der Waals surface area contributed by atoms with Gasteiger partial charge in [-0.15, -0.1) is 0 Å². The van der Waals surface area contributed by atoms with Crippen LogP contribution in [0.4, 0.5) is 8.78 Å². The highest BCUT2D eigenvalue weighted by Crippen LogP contribution is 2.63. The van der Waals surface area contributed by atoms with Crippen LogP contribution in [0.5, 0.6) is 0 Å². The minimum absolute atomic E-state index is 0.0460. The maximum Gasteiger partial charge on any atom is 0.241 e. The number of nitrogens with zero attached hydrogens (tertiary/aromatic N) is 3. The Morgan fingerprint density at radius 2 is 1.89 bits per heavy atom. The van der Waals surface area contributed by atoms with Crippen molar-refractivity contribution in [3.8, 4) is 0 Å². The summed E-state index contributed by atoms with van der Waals surface area (Å²) < 4.78 is 30.8. The zero-order valence-electron chi connectivity index (χ0n) is 20.7. The number of hydrogen-bond donors (Lipinski definition) is 1. The van der Waals surface area contributed by atoms with Crippen molar-refractivity contribution in [3.05, 3.63) is 87.7 Å². The number of benzene rings is 2. The van der Waals surface area contributed by atoms with Gasteiger partial charge in [-0.25, -0.2) is 8.78 Å². The molecule has 0 radical (unpaired) electrons. The van der Waals surface area contributed by atoms with E-state index < -0.39 is 23.2 Å². The van der Waals surface area contributed by atoms with Crippen LogP contribution in [-0.2, 0) is 29.7 Å². The smallest absolute Gasteiger partial charge is 0.241 e. The molecule has 1 aromatic heterocycles. The number of nitrogens with one attached hydrogen (secondary N) is 1. The van der Waals surface area contributed by atoms with E-state index in [1.807, 2.05) is 37.3 Å². The first-order valence-corrected chi connectivity index (χ1v) is 12.4. The molecule has 1 N–H and O–H groups in total. The minimum Gasteiger partial charge on any atom is -0.358 e. The maximum atomic E-state index is 14.4. The Morgan fingerprint density at radius 1 is 1.20 bits per heavy atom. The molecule has 5 nitrogen and oxygen atoms in total. The van der Waals surface area contributed by atoms with Crippen LogP contribution in [0.25, 0.3) is 0 Å². The number of likely N-dealkylation sites (N-methyl/N-ethyl adjacent to an activating group) is 1. The first kappa shape index (κ1) is 23.7. The van der Waals surface area contributed by atoms with E-state index in [1.54, 1.807) is 7.05 Å². The molecule has 1 spiro atoms. The van der Waals surface area contributed by atoms with Crippen LogP contribution in [0.3, 0.4) is 0 Å². The van der Waals surface area contributed by atoms with Crippen molar-refractivity contribution in [1.29, 1.82) is 0 Å². The number of hydrogen-bond acceptors (Lipinski definition) is 3. The summed E-state index contributed by atoms with van der Waals surface area (Å²) in [7, 11) is 1.67. The quantitative estimate of drug-likeness (QED) is 0.563. The maximum absolute atomic E-state index is 14.4. The summed E-state index contributed by atoms with van der Waals surface area (Å²) in [6, 6.07) is 12.3. The Bertz CT molecular complexity index is 1250. The van der Waals surface area contributed by atoms with Crippen molar-refractivity contribution < 1.29 is 13.6 Å². The minimum atomic E-state index is -0.515. The van der Waals surface area contributed by atoms with Gasteiger partial charge >= 0.3 is 0 Å². The molecule has 1 saturated carbocycles. The molecular weight excluding hydrogens is 446 g/mol. The van der Waals surface area contributed by atoms with E-state index >= 15 is 0 Å². The molecule has 2 aromatic carbocycles. The normalized spacial score (nSPS) is 22.2. The predicted molar refractivity (Wildman–Crippen MR) is 131 cm³/mol. The van der Waals surface area contributed by atoms with Crippen molar-refractivity contribution >= 4 is 5.91 Å². The third-order valence-electron chi connectivity index (χ3n) is 7.88. The first-order valence-electron chi connectivity index (χ1n) is 12.4. The fraction of sp³-hybridized carbons (Fsp3) is 0.429. The third-order valence-corrected chi connectivity index (χ3v) is 7.88. The number of aryl methyl sites for hydroxylation is 2. The number of fused-ring (bicyclic) bond motifs is 2. The summed E-state index contributed by atoms with van der Waals surface area (Å²) in [5.74, 6) is -0.971. The third kappa shape index (κ3) is 3.77. The van der Waals surface area contributed by atoms with Gasteiger partial charge in [-0.05, 0) is 62.8 Å². The van der Waals surface area contributed by atoms with Crippen molar-refractivity contribution in [2.24, 2.45) is 5.92 Å². The molecule has 0 saturated heterocycles. The fourth-order valence-electron chi connectivity index (χ4n) is 6.20. The van der Waals surface area contributed by atoms with Gasteiger partial charge in [-0.1, -0.05) is 30.3 Å². The van der Waals surface area contributed by atoms with E-state index in [9.17, 15) is 13.6 Å². The molecule has 1 amide bonds. The van der Waals surface area contributed by atoms with Crippen LogP contribution in [0.15, 0.2) is 42.5 Å². The predicted octanol–water partition coefficient (Wildman–Crippen LogP) is 4.60. The Morgan fingerprint density at radius 3 is 2.51 bits per heavy atom. The average Bonchev–Trinajstić information content (AvgIpc) is 3.42. The fourth-order valence-corrected chi connectivity index (χ4v) is 6.20. The topological polar surface area (TPSA) is 50.2 Å². The molecule has 1 unspecified atom stereocenters. The van der Waals surface area contributed by atoms with Gasteiger partial charge in [0.2, 0.25) is 5.91 Å². The average molecular weight is 479 g/mol. The van der Waals surface area contributed by atoms with Gasteiger partial charge in [-0.3, -0.25) is 14.4 Å². The molecule has 1 aliphatic heterocycles. The van der Waals surface area contributed by atoms with Crippen LogP contribution < -0.4 is 5.32 Å². The number of carbonyl (C=O) groups excluding carboxylic acids is 1. The second-order valence-electron chi connectivity index (χ2n) is 9.81. The van der Waals surface area contributed by atoms with E-state index in [-0.39, 0.29) is 17.4 Å². The number of aromatic nitrogens is 2. The molecule has 35 heavy (non-hydrogen) atoms. The van der Waals surface area contributed by atoms with Crippen LogP contribution in [-0.4, -0.2) is 34.2 Å². The van der Waals surface area contributed by atoms with Gasteiger partial charge in [0.15, 0.2) is 0 Å². The van der Waals surface area contributed by atoms with Crippen LogP contribution in [0.2, 0.25) is 0 Å². The summed E-state index contributed by atoms with van der Waals surface area (Å²) in [5.41, 5.74) is 4.60. The lowest BCUT2D eigenvalue weighted by atomic mass is 9.87.